The van der Waals surface area contributed by atoms with E-state index in [0.717, 1.165) is 0 Å². The Kier molecular flexibility index (Phi) is 9.19. The Balaban J connectivity index is 0.000000262. The molecule has 0 aliphatic rings. The van der Waals surface area contributed by atoms with Crippen LogP contribution in [0.5, 0.6) is 0 Å². The zero-order valence-corrected chi connectivity index (χ0v) is 10.7. The topological polar surface area (TPSA) is 3.24 Å². The van der Waals surface area contributed by atoms with Gasteiger partial charge in [-0.3, -0.25) is 0 Å². The Labute approximate surface area is 95.1 Å². The summed E-state index contributed by atoms with van der Waals surface area (Å²) in [6.45, 7) is 9.00. The number of hydrogen-bond acceptors (Lipinski definition) is 1. The zero-order chi connectivity index (χ0) is 11.5. The molecule has 0 spiro atoms. The van der Waals surface area contributed by atoms with Gasteiger partial charge in [0.25, 0.3) is 0 Å². The molecule has 1 aromatic rings. The van der Waals surface area contributed by atoms with Crippen molar-refractivity contribution < 1.29 is 0 Å². The quantitative estimate of drug-likeness (QED) is 0.727. The van der Waals surface area contributed by atoms with Crippen LogP contribution in [0.1, 0.15) is 32.3 Å². The summed E-state index contributed by atoms with van der Waals surface area (Å²) >= 11 is 0. The van der Waals surface area contributed by atoms with Crippen LogP contribution in [0.25, 0.3) is 0 Å². The van der Waals surface area contributed by atoms with Crippen molar-refractivity contribution in [2.45, 2.75) is 33.6 Å². The summed E-state index contributed by atoms with van der Waals surface area (Å²) in [7, 11) is 2.17. The lowest BCUT2D eigenvalue weighted by Crippen LogP contribution is -2.19. The highest BCUT2D eigenvalue weighted by molar-refractivity contribution is 5.11. The predicted molar refractivity (Wildman–Crippen MR) is 69.3 cm³/mol. The van der Waals surface area contributed by atoms with Gasteiger partial charge < -0.3 is 4.90 Å². The largest absolute Gasteiger partial charge is 0.306 e. The molecule has 0 aliphatic heterocycles. The third-order valence-corrected chi connectivity index (χ3v) is 2.15. The maximum absolute atomic E-state index is 2.36. The lowest BCUT2D eigenvalue weighted by Gasteiger charge is -2.12. The van der Waals surface area contributed by atoms with E-state index in [1.165, 1.54) is 31.5 Å². The molecule has 0 amide bonds. The van der Waals surface area contributed by atoms with Gasteiger partial charge in [0.2, 0.25) is 0 Å². The number of benzene rings is 1. The van der Waals surface area contributed by atoms with Gasteiger partial charge in [-0.1, -0.05) is 49.7 Å². The van der Waals surface area contributed by atoms with Crippen molar-refractivity contribution in [1.29, 1.82) is 0 Å². The average Bonchev–Trinajstić information content (AvgIpc) is 2.20. The maximum Gasteiger partial charge on any atom is -0.00244 e. The molecule has 1 rings (SSSR count). The zero-order valence-electron chi connectivity index (χ0n) is 10.7. The van der Waals surface area contributed by atoms with E-state index in [9.17, 15) is 0 Å². The van der Waals surface area contributed by atoms with Crippen molar-refractivity contribution in [3.63, 3.8) is 0 Å². The normalized spacial score (nSPS) is 9.67. The summed E-state index contributed by atoms with van der Waals surface area (Å²) in [5.41, 5.74) is 1.32. The summed E-state index contributed by atoms with van der Waals surface area (Å²) < 4.78 is 0. The van der Waals surface area contributed by atoms with Gasteiger partial charge in [-0.15, -0.1) is 0 Å². The molecule has 0 unspecified atom stereocenters. The first kappa shape index (κ1) is 14.2. The molecule has 0 atom stereocenters. The molecule has 1 aromatic carbocycles. The molecule has 0 aromatic heterocycles. The molecule has 0 fully saturated rings. The lowest BCUT2D eigenvalue weighted by molar-refractivity contribution is 0.335. The summed E-state index contributed by atoms with van der Waals surface area (Å²) in [6.07, 6.45) is 2.55. The second-order valence-electron chi connectivity index (χ2n) is 3.96. The third kappa shape index (κ3) is 9.48. The van der Waals surface area contributed by atoms with E-state index < -0.39 is 0 Å². The van der Waals surface area contributed by atoms with E-state index in [-0.39, 0.29) is 0 Å². The summed E-state index contributed by atoms with van der Waals surface area (Å²) in [4.78, 5) is 2.36. The molecule has 1 nitrogen and oxygen atoms in total. The molecule has 0 saturated heterocycles. The molecular formula is C14H25N. The van der Waals surface area contributed by atoms with Crippen molar-refractivity contribution in [3.8, 4) is 0 Å². The average molecular weight is 207 g/mol. The van der Waals surface area contributed by atoms with Crippen LogP contribution in [0, 0.1) is 6.92 Å². The molecule has 0 saturated carbocycles. The van der Waals surface area contributed by atoms with Crippen molar-refractivity contribution >= 4 is 0 Å². The van der Waals surface area contributed by atoms with E-state index in [1.807, 2.05) is 18.2 Å². The molecule has 0 bridgehead atoms. The standard InChI is InChI=1S/C7H17N.C7H8/c1-4-6-8(3)7-5-2;1-7-5-3-2-4-6-7/h4-7H2,1-3H3;2-6H,1H3. The van der Waals surface area contributed by atoms with Crippen LogP contribution in [0.15, 0.2) is 30.3 Å². The monoisotopic (exact) mass is 207 g/mol. The second-order valence-corrected chi connectivity index (χ2v) is 3.96. The minimum Gasteiger partial charge on any atom is -0.306 e. The van der Waals surface area contributed by atoms with E-state index in [1.54, 1.807) is 0 Å². The van der Waals surface area contributed by atoms with Gasteiger partial charge in [0.15, 0.2) is 0 Å². The fourth-order valence-corrected chi connectivity index (χ4v) is 1.41. The highest BCUT2D eigenvalue weighted by atomic mass is 15.1. The van der Waals surface area contributed by atoms with Gasteiger partial charge in [0.05, 0.1) is 0 Å². The predicted octanol–water partition coefficient (Wildman–Crippen LogP) is 3.73. The van der Waals surface area contributed by atoms with Gasteiger partial charge in [0.1, 0.15) is 0 Å². The fourth-order valence-electron chi connectivity index (χ4n) is 1.41. The van der Waals surface area contributed by atoms with Gasteiger partial charge in [-0.25, -0.2) is 0 Å². The summed E-state index contributed by atoms with van der Waals surface area (Å²) in [5, 5.41) is 0. The van der Waals surface area contributed by atoms with Gasteiger partial charge >= 0.3 is 0 Å². The molecule has 0 N–H and O–H groups in total. The highest BCUT2D eigenvalue weighted by Gasteiger charge is 1.90. The minimum absolute atomic E-state index is 1.24. The van der Waals surface area contributed by atoms with E-state index in [4.69, 9.17) is 0 Å². The molecule has 86 valence electrons. The smallest absolute Gasteiger partial charge is 0.00244 e. The lowest BCUT2D eigenvalue weighted by atomic mass is 10.2. The number of aryl methyl sites for hydroxylation is 1. The van der Waals surface area contributed by atoms with E-state index in [0.29, 0.717) is 0 Å². The Hall–Kier alpha value is -0.820. The van der Waals surface area contributed by atoms with Crippen LogP contribution in [-0.2, 0) is 0 Å². The summed E-state index contributed by atoms with van der Waals surface area (Å²) in [6, 6.07) is 10.3. The van der Waals surface area contributed by atoms with Crippen molar-refractivity contribution in [2.24, 2.45) is 0 Å². The van der Waals surface area contributed by atoms with Crippen LogP contribution in [0.4, 0.5) is 0 Å². The van der Waals surface area contributed by atoms with Gasteiger partial charge in [-0.2, -0.15) is 0 Å². The first-order valence-corrected chi connectivity index (χ1v) is 5.90. The highest BCUT2D eigenvalue weighted by Crippen LogP contribution is 1.92. The second kappa shape index (κ2) is 9.72. The third-order valence-electron chi connectivity index (χ3n) is 2.15. The van der Waals surface area contributed by atoms with Crippen LogP contribution in [0.3, 0.4) is 0 Å². The molecule has 1 heteroatoms. The Bertz CT molecular complexity index is 212. The molecular weight excluding hydrogens is 182 g/mol. The number of hydrogen-bond donors (Lipinski definition) is 0. The van der Waals surface area contributed by atoms with Gasteiger partial charge in [0, 0.05) is 0 Å². The van der Waals surface area contributed by atoms with Crippen LogP contribution >= 0.6 is 0 Å². The van der Waals surface area contributed by atoms with Crippen molar-refractivity contribution in [2.75, 3.05) is 20.1 Å². The Morgan fingerprint density at radius 1 is 0.933 bits per heavy atom. The van der Waals surface area contributed by atoms with Crippen molar-refractivity contribution in [1.82, 2.24) is 4.90 Å². The molecule has 0 aliphatic carbocycles. The van der Waals surface area contributed by atoms with Gasteiger partial charge in [-0.05, 0) is 39.9 Å². The molecule has 15 heavy (non-hydrogen) atoms. The molecule has 0 radical (unpaired) electrons. The first-order valence-electron chi connectivity index (χ1n) is 5.90. The maximum atomic E-state index is 2.36. The van der Waals surface area contributed by atoms with Crippen LogP contribution in [-0.4, -0.2) is 25.0 Å². The first-order chi connectivity index (χ1) is 7.20. The Morgan fingerprint density at radius 2 is 1.40 bits per heavy atom. The van der Waals surface area contributed by atoms with Crippen molar-refractivity contribution in [3.05, 3.63) is 35.9 Å². The van der Waals surface area contributed by atoms with Crippen LogP contribution in [0.2, 0.25) is 0 Å². The Morgan fingerprint density at radius 3 is 1.67 bits per heavy atom. The number of rotatable bonds is 4. The fraction of sp³-hybridized carbons (Fsp3) is 0.571. The van der Waals surface area contributed by atoms with E-state index >= 15 is 0 Å². The van der Waals surface area contributed by atoms with Crippen LogP contribution < -0.4 is 0 Å². The number of nitrogens with zero attached hydrogens (tertiary/aromatic N) is 1. The minimum atomic E-state index is 1.24. The SMILES string of the molecule is CCCN(C)CCC.Cc1ccccc1. The molecule has 0 heterocycles. The van der Waals surface area contributed by atoms with E-state index in [2.05, 4.69) is 44.9 Å². The summed E-state index contributed by atoms with van der Waals surface area (Å²) in [5.74, 6) is 0.